The molecule has 1 atom stereocenters. The number of aromatic nitrogens is 4. The van der Waals surface area contributed by atoms with Crippen LogP contribution in [0.4, 0.5) is 0 Å². The van der Waals surface area contributed by atoms with Gasteiger partial charge >= 0.3 is 0 Å². The molecule has 0 fully saturated rings. The van der Waals surface area contributed by atoms with Crippen LogP contribution < -0.4 is 0 Å². The van der Waals surface area contributed by atoms with Gasteiger partial charge < -0.3 is 4.57 Å². The minimum atomic E-state index is 0.399. The quantitative estimate of drug-likeness (QED) is 0.613. The van der Waals surface area contributed by atoms with Crippen molar-refractivity contribution in [3.05, 3.63) is 60.8 Å². The third-order valence-electron chi connectivity index (χ3n) is 4.30. The first-order valence-electron chi connectivity index (χ1n) is 8.37. The van der Waals surface area contributed by atoms with E-state index in [0.29, 0.717) is 6.04 Å². The Labute approximate surface area is 147 Å². The van der Waals surface area contributed by atoms with Gasteiger partial charge in [0.05, 0.1) is 12.0 Å². The summed E-state index contributed by atoms with van der Waals surface area (Å²) in [7, 11) is 0. The molecule has 0 amide bonds. The molecule has 1 unspecified atom stereocenters. The maximum Gasteiger partial charge on any atom is 0.0958 e. The predicted octanol–water partition coefficient (Wildman–Crippen LogP) is 4.30. The van der Waals surface area contributed by atoms with Gasteiger partial charge in [0.2, 0.25) is 0 Å². The summed E-state index contributed by atoms with van der Waals surface area (Å²) in [6.45, 7) is 3.19. The van der Waals surface area contributed by atoms with E-state index in [4.69, 9.17) is 4.98 Å². The van der Waals surface area contributed by atoms with Gasteiger partial charge in [-0.05, 0) is 37.8 Å². The highest BCUT2D eigenvalue weighted by atomic mass is 32.2. The Morgan fingerprint density at radius 2 is 2.00 bits per heavy atom. The molecule has 0 aliphatic rings. The summed E-state index contributed by atoms with van der Waals surface area (Å²) in [6.07, 6.45) is 10.1. The highest BCUT2D eigenvalue weighted by molar-refractivity contribution is 7.98. The number of thioether (sulfide) groups is 1. The molecule has 2 aromatic heterocycles. The van der Waals surface area contributed by atoms with Gasteiger partial charge in [-0.25, -0.2) is 4.98 Å². The van der Waals surface area contributed by atoms with Gasteiger partial charge in [0.25, 0.3) is 0 Å². The highest BCUT2D eigenvalue weighted by Gasteiger charge is 2.16. The summed E-state index contributed by atoms with van der Waals surface area (Å²) >= 11 is 1.88. The van der Waals surface area contributed by atoms with Gasteiger partial charge in [-0.3, -0.25) is 4.68 Å². The van der Waals surface area contributed by atoms with E-state index in [-0.39, 0.29) is 0 Å². The van der Waals surface area contributed by atoms with Crippen LogP contribution in [-0.4, -0.2) is 31.3 Å². The SMILES string of the molecule is CSCCc1c(-c2ccccc2)ncn1C(C)CCn1cccn1. The molecular weight excluding hydrogens is 316 g/mol. The lowest BCUT2D eigenvalue weighted by Gasteiger charge is -2.17. The van der Waals surface area contributed by atoms with Crippen LogP contribution in [0.3, 0.4) is 0 Å². The largest absolute Gasteiger partial charge is 0.331 e. The van der Waals surface area contributed by atoms with E-state index in [1.165, 1.54) is 11.3 Å². The number of benzene rings is 1. The maximum atomic E-state index is 4.74. The van der Waals surface area contributed by atoms with Crippen LogP contribution in [0, 0.1) is 0 Å². The number of hydrogen-bond acceptors (Lipinski definition) is 3. The van der Waals surface area contributed by atoms with Gasteiger partial charge in [0.15, 0.2) is 0 Å². The first kappa shape index (κ1) is 16.8. The Kier molecular flexibility index (Phi) is 5.75. The number of hydrogen-bond donors (Lipinski definition) is 0. The van der Waals surface area contributed by atoms with Gasteiger partial charge in [0, 0.05) is 36.2 Å². The summed E-state index contributed by atoms with van der Waals surface area (Å²) in [5.74, 6) is 1.11. The molecule has 0 aliphatic heterocycles. The summed E-state index contributed by atoms with van der Waals surface area (Å²) < 4.78 is 4.34. The monoisotopic (exact) mass is 340 g/mol. The van der Waals surface area contributed by atoms with Crippen molar-refractivity contribution in [1.82, 2.24) is 19.3 Å². The lowest BCUT2D eigenvalue weighted by molar-refractivity contribution is 0.438. The average molecular weight is 340 g/mol. The van der Waals surface area contributed by atoms with Crippen LogP contribution >= 0.6 is 11.8 Å². The van der Waals surface area contributed by atoms with E-state index in [2.05, 4.69) is 53.2 Å². The van der Waals surface area contributed by atoms with E-state index >= 15 is 0 Å². The van der Waals surface area contributed by atoms with E-state index in [0.717, 1.165) is 30.8 Å². The Morgan fingerprint density at radius 1 is 1.17 bits per heavy atom. The fourth-order valence-corrected chi connectivity index (χ4v) is 3.34. The van der Waals surface area contributed by atoms with Crippen LogP contribution in [0.25, 0.3) is 11.3 Å². The van der Waals surface area contributed by atoms with Crippen LogP contribution in [-0.2, 0) is 13.0 Å². The van der Waals surface area contributed by atoms with Crippen molar-refractivity contribution in [3.8, 4) is 11.3 Å². The highest BCUT2D eigenvalue weighted by Crippen LogP contribution is 2.26. The van der Waals surface area contributed by atoms with Gasteiger partial charge in [-0.1, -0.05) is 30.3 Å². The molecule has 0 saturated heterocycles. The van der Waals surface area contributed by atoms with Crippen LogP contribution in [0.2, 0.25) is 0 Å². The molecule has 3 rings (SSSR count). The van der Waals surface area contributed by atoms with Gasteiger partial charge in [-0.15, -0.1) is 0 Å². The minimum absolute atomic E-state index is 0.399. The zero-order chi connectivity index (χ0) is 16.8. The van der Waals surface area contributed by atoms with Crippen molar-refractivity contribution in [2.24, 2.45) is 0 Å². The minimum Gasteiger partial charge on any atom is -0.331 e. The molecule has 24 heavy (non-hydrogen) atoms. The van der Waals surface area contributed by atoms with E-state index < -0.39 is 0 Å². The van der Waals surface area contributed by atoms with Crippen molar-refractivity contribution in [2.45, 2.75) is 32.4 Å². The molecule has 126 valence electrons. The van der Waals surface area contributed by atoms with E-state index in [1.807, 2.05) is 41.2 Å². The van der Waals surface area contributed by atoms with E-state index in [1.54, 1.807) is 0 Å². The van der Waals surface area contributed by atoms with Gasteiger partial charge in [0.1, 0.15) is 0 Å². The van der Waals surface area contributed by atoms with Crippen molar-refractivity contribution in [3.63, 3.8) is 0 Å². The van der Waals surface area contributed by atoms with Gasteiger partial charge in [-0.2, -0.15) is 16.9 Å². The van der Waals surface area contributed by atoms with Crippen LogP contribution in [0.1, 0.15) is 25.1 Å². The third kappa shape index (κ3) is 3.90. The second-order valence-electron chi connectivity index (χ2n) is 5.96. The summed E-state index contributed by atoms with van der Waals surface area (Å²) in [5, 5.41) is 4.30. The average Bonchev–Trinajstić information content (AvgIpc) is 3.28. The summed E-state index contributed by atoms with van der Waals surface area (Å²) in [5.41, 5.74) is 3.66. The van der Waals surface area contributed by atoms with Crippen molar-refractivity contribution >= 4 is 11.8 Å². The van der Waals surface area contributed by atoms with Crippen molar-refractivity contribution in [1.29, 1.82) is 0 Å². The predicted molar refractivity (Wildman–Crippen MR) is 101 cm³/mol. The second-order valence-corrected chi connectivity index (χ2v) is 6.95. The number of imidazole rings is 1. The molecule has 0 saturated carbocycles. The molecule has 5 heteroatoms. The lowest BCUT2D eigenvalue weighted by atomic mass is 10.1. The maximum absolute atomic E-state index is 4.74. The topological polar surface area (TPSA) is 35.6 Å². The molecule has 0 bridgehead atoms. The second kappa shape index (κ2) is 8.20. The lowest BCUT2D eigenvalue weighted by Crippen LogP contribution is -2.12. The first-order valence-corrected chi connectivity index (χ1v) is 9.76. The number of nitrogens with zero attached hydrogens (tertiary/aromatic N) is 4. The summed E-state index contributed by atoms with van der Waals surface area (Å²) in [4.78, 5) is 4.74. The van der Waals surface area contributed by atoms with E-state index in [9.17, 15) is 0 Å². The molecule has 3 aromatic rings. The normalized spacial score (nSPS) is 12.4. The Bertz CT molecular complexity index is 734. The molecule has 1 aromatic carbocycles. The van der Waals surface area contributed by atoms with Crippen LogP contribution in [0.5, 0.6) is 0 Å². The first-order chi connectivity index (χ1) is 11.8. The van der Waals surface area contributed by atoms with Crippen molar-refractivity contribution < 1.29 is 0 Å². The fraction of sp³-hybridized carbons (Fsp3) is 0.368. The number of aryl methyl sites for hydroxylation is 1. The molecular formula is C19H24N4S. The molecule has 4 nitrogen and oxygen atoms in total. The summed E-state index contributed by atoms with van der Waals surface area (Å²) in [6, 6.07) is 12.9. The standard InChI is InChI=1S/C19H24N4S/c1-16(9-13-22-12-6-11-21-22)23-15-20-19(18(23)10-14-24-2)17-7-4-3-5-8-17/h3-8,11-12,15-16H,9-10,13-14H2,1-2H3. The third-order valence-corrected chi connectivity index (χ3v) is 4.91. The Hall–Kier alpha value is -2.01. The zero-order valence-electron chi connectivity index (χ0n) is 14.3. The molecule has 2 heterocycles. The number of rotatable bonds is 8. The smallest absolute Gasteiger partial charge is 0.0958 e. The molecule has 0 N–H and O–H groups in total. The zero-order valence-corrected chi connectivity index (χ0v) is 15.1. The Balaban J connectivity index is 1.82. The molecule has 0 aliphatic carbocycles. The van der Waals surface area contributed by atoms with Crippen molar-refractivity contribution in [2.75, 3.05) is 12.0 Å². The molecule has 0 radical (unpaired) electrons. The fourth-order valence-electron chi connectivity index (χ4n) is 2.94. The molecule has 0 spiro atoms. The Morgan fingerprint density at radius 3 is 2.71 bits per heavy atom. The van der Waals surface area contributed by atoms with Crippen LogP contribution in [0.15, 0.2) is 55.1 Å².